The second kappa shape index (κ2) is 10.0. The fraction of sp³-hybridized carbons (Fsp3) is 0.500. The van der Waals surface area contributed by atoms with Gasteiger partial charge in [-0.05, 0) is 25.3 Å². The van der Waals surface area contributed by atoms with Crippen LogP contribution in [0.25, 0.3) is 20.7 Å². The lowest BCUT2D eigenvalue weighted by Crippen LogP contribution is -2.39. The second-order valence-electron chi connectivity index (χ2n) is 7.58. The molecule has 0 spiro atoms. The number of likely N-dealkylation sites (N-methyl/N-ethyl adjacent to an activating group) is 2. The van der Waals surface area contributed by atoms with Gasteiger partial charge in [0.05, 0.1) is 31.7 Å². The molecule has 166 valence electrons. The van der Waals surface area contributed by atoms with Gasteiger partial charge in [-0.15, -0.1) is 22.7 Å². The predicted octanol–water partition coefficient (Wildman–Crippen LogP) is 3.56. The van der Waals surface area contributed by atoms with Crippen LogP contribution in [-0.4, -0.2) is 78.7 Å². The van der Waals surface area contributed by atoms with Crippen molar-refractivity contribution in [3.05, 3.63) is 28.7 Å². The lowest BCUT2D eigenvalue weighted by Gasteiger charge is -2.27. The first-order valence-corrected chi connectivity index (χ1v) is 12.5. The van der Waals surface area contributed by atoms with Crippen LogP contribution in [0.5, 0.6) is 0 Å². The first-order chi connectivity index (χ1) is 15.1. The highest BCUT2D eigenvalue weighted by Crippen LogP contribution is 2.40. The highest BCUT2D eigenvalue weighted by molar-refractivity contribution is 7.18. The van der Waals surface area contributed by atoms with Crippen molar-refractivity contribution in [2.45, 2.75) is 20.4 Å². The third kappa shape index (κ3) is 4.90. The van der Waals surface area contributed by atoms with E-state index in [1.807, 2.05) is 30.7 Å². The summed E-state index contributed by atoms with van der Waals surface area (Å²) in [5.41, 5.74) is 1.14. The summed E-state index contributed by atoms with van der Waals surface area (Å²) < 4.78 is 5.47. The van der Waals surface area contributed by atoms with Crippen molar-refractivity contribution in [1.82, 2.24) is 19.8 Å². The normalized spacial score (nSPS) is 14.8. The van der Waals surface area contributed by atoms with Crippen molar-refractivity contribution in [2.24, 2.45) is 0 Å². The van der Waals surface area contributed by atoms with E-state index in [4.69, 9.17) is 14.7 Å². The Morgan fingerprint density at radius 1 is 1.19 bits per heavy atom. The Bertz CT molecular complexity index is 1010. The molecule has 3 aromatic heterocycles. The maximum absolute atomic E-state index is 12.8. The molecule has 4 rings (SSSR count). The lowest BCUT2D eigenvalue weighted by molar-refractivity contribution is -0.129. The van der Waals surface area contributed by atoms with Crippen molar-refractivity contribution >= 4 is 44.6 Å². The van der Waals surface area contributed by atoms with Gasteiger partial charge in [-0.25, -0.2) is 9.97 Å². The molecule has 0 unspecified atom stereocenters. The first kappa shape index (κ1) is 22.1. The maximum Gasteiger partial charge on any atom is 0.242 e. The molecule has 1 aliphatic rings. The molecule has 4 heterocycles. The number of amides is 1. The summed E-state index contributed by atoms with van der Waals surface area (Å²) in [7, 11) is 1.96. The number of carbonyl (C=O) groups excluding carboxylic acids is 1. The number of hydrogen-bond donors (Lipinski definition) is 0. The number of carbonyl (C=O) groups is 1. The number of anilines is 1. The van der Waals surface area contributed by atoms with Gasteiger partial charge in [-0.1, -0.05) is 6.07 Å². The number of nitrogens with zero attached hydrogens (tertiary/aromatic N) is 5. The minimum atomic E-state index is 0.113. The van der Waals surface area contributed by atoms with E-state index in [9.17, 15) is 4.79 Å². The molecule has 0 saturated carbocycles. The number of aromatic nitrogens is 2. The number of thiophene rings is 2. The smallest absolute Gasteiger partial charge is 0.242 e. The van der Waals surface area contributed by atoms with Gasteiger partial charge in [0.25, 0.3) is 0 Å². The monoisotopic (exact) mass is 459 g/mol. The SMILES string of the molecule is CCN(CC)C(=O)CN(C)c1nc(CN2CCOCC2)nc2scc(-c3cccs3)c12. The van der Waals surface area contributed by atoms with Gasteiger partial charge in [-0.2, -0.15) is 0 Å². The fourth-order valence-corrected chi connectivity index (χ4v) is 5.61. The van der Waals surface area contributed by atoms with Gasteiger partial charge in [0.2, 0.25) is 5.91 Å². The molecule has 31 heavy (non-hydrogen) atoms. The Morgan fingerprint density at radius 3 is 2.65 bits per heavy atom. The number of ether oxygens (including phenoxy) is 1. The van der Waals surface area contributed by atoms with Gasteiger partial charge in [0.15, 0.2) is 0 Å². The molecule has 0 atom stereocenters. The first-order valence-electron chi connectivity index (χ1n) is 10.7. The van der Waals surface area contributed by atoms with E-state index in [0.717, 1.165) is 53.7 Å². The molecule has 0 N–H and O–H groups in total. The molecule has 3 aromatic rings. The van der Waals surface area contributed by atoms with E-state index in [-0.39, 0.29) is 5.91 Å². The van der Waals surface area contributed by atoms with E-state index >= 15 is 0 Å². The summed E-state index contributed by atoms with van der Waals surface area (Å²) in [6.07, 6.45) is 0. The Morgan fingerprint density at radius 2 is 1.97 bits per heavy atom. The van der Waals surface area contributed by atoms with Crippen LogP contribution >= 0.6 is 22.7 Å². The minimum Gasteiger partial charge on any atom is -0.379 e. The van der Waals surface area contributed by atoms with Gasteiger partial charge in [0, 0.05) is 49.0 Å². The largest absolute Gasteiger partial charge is 0.379 e. The molecule has 1 saturated heterocycles. The van der Waals surface area contributed by atoms with Crippen LogP contribution in [0.2, 0.25) is 0 Å². The van der Waals surface area contributed by atoms with Gasteiger partial charge < -0.3 is 14.5 Å². The molecule has 0 aliphatic carbocycles. The van der Waals surface area contributed by atoms with E-state index < -0.39 is 0 Å². The Kier molecular flexibility index (Phi) is 7.16. The van der Waals surface area contributed by atoms with Crippen LogP contribution in [-0.2, 0) is 16.1 Å². The zero-order valence-corrected chi connectivity index (χ0v) is 20.0. The second-order valence-corrected chi connectivity index (χ2v) is 9.39. The van der Waals surface area contributed by atoms with Crippen molar-refractivity contribution in [3.63, 3.8) is 0 Å². The van der Waals surface area contributed by atoms with E-state index in [2.05, 4.69) is 27.8 Å². The van der Waals surface area contributed by atoms with Gasteiger partial charge in [0.1, 0.15) is 16.5 Å². The zero-order chi connectivity index (χ0) is 21.8. The highest BCUT2D eigenvalue weighted by atomic mass is 32.1. The standard InChI is InChI=1S/C22H29N5O2S2/c1-4-27(5-2)19(28)14-25(3)21-20-16(17-7-6-12-30-17)15-31-22(20)24-18(23-21)13-26-8-10-29-11-9-26/h6-7,12,15H,4-5,8-11,13-14H2,1-3H3. The lowest BCUT2D eigenvalue weighted by atomic mass is 10.2. The third-order valence-corrected chi connectivity index (χ3v) is 7.34. The summed E-state index contributed by atoms with van der Waals surface area (Å²) in [5.74, 6) is 1.74. The van der Waals surface area contributed by atoms with Crippen molar-refractivity contribution in [3.8, 4) is 10.4 Å². The number of rotatable bonds is 8. The quantitative estimate of drug-likeness (QED) is 0.513. The zero-order valence-electron chi connectivity index (χ0n) is 18.3. The molecule has 9 heteroatoms. The average molecular weight is 460 g/mol. The number of fused-ring (bicyclic) bond motifs is 1. The van der Waals surface area contributed by atoms with Crippen LogP contribution in [0.3, 0.4) is 0 Å². The molecule has 1 fully saturated rings. The van der Waals surface area contributed by atoms with Gasteiger partial charge >= 0.3 is 0 Å². The molecule has 0 radical (unpaired) electrons. The maximum atomic E-state index is 12.8. The fourth-order valence-electron chi connectivity index (χ4n) is 3.84. The van der Waals surface area contributed by atoms with Crippen molar-refractivity contribution in [2.75, 3.05) is 57.9 Å². The van der Waals surface area contributed by atoms with E-state index in [1.165, 1.54) is 4.88 Å². The van der Waals surface area contributed by atoms with Crippen LogP contribution in [0.4, 0.5) is 5.82 Å². The number of morpholine rings is 1. The summed E-state index contributed by atoms with van der Waals surface area (Å²) in [5, 5.41) is 5.28. The van der Waals surface area contributed by atoms with Crippen molar-refractivity contribution in [1.29, 1.82) is 0 Å². The van der Waals surface area contributed by atoms with E-state index in [1.54, 1.807) is 22.7 Å². The van der Waals surface area contributed by atoms with Crippen LogP contribution in [0.1, 0.15) is 19.7 Å². The summed E-state index contributed by atoms with van der Waals surface area (Å²) in [6.45, 7) is 9.70. The average Bonchev–Trinajstić information content (AvgIpc) is 3.44. The Balaban J connectivity index is 1.71. The van der Waals surface area contributed by atoms with Crippen LogP contribution in [0.15, 0.2) is 22.9 Å². The molecular weight excluding hydrogens is 430 g/mol. The summed E-state index contributed by atoms with van der Waals surface area (Å²) in [4.78, 5) is 31.0. The van der Waals surface area contributed by atoms with E-state index in [0.29, 0.717) is 26.2 Å². The number of hydrogen-bond acceptors (Lipinski definition) is 8. The molecule has 1 aliphatic heterocycles. The molecular formula is C22H29N5O2S2. The van der Waals surface area contributed by atoms with Crippen LogP contribution < -0.4 is 4.90 Å². The summed E-state index contributed by atoms with van der Waals surface area (Å²) >= 11 is 3.35. The topological polar surface area (TPSA) is 61.8 Å². The Hall–Kier alpha value is -2.07. The minimum absolute atomic E-state index is 0.113. The molecule has 0 bridgehead atoms. The third-order valence-electron chi connectivity index (χ3n) is 5.57. The predicted molar refractivity (Wildman–Crippen MR) is 128 cm³/mol. The summed E-state index contributed by atoms with van der Waals surface area (Å²) in [6, 6.07) is 4.18. The molecule has 0 aromatic carbocycles. The molecule has 7 nitrogen and oxygen atoms in total. The Labute approximate surface area is 191 Å². The van der Waals surface area contributed by atoms with Crippen molar-refractivity contribution < 1.29 is 9.53 Å². The van der Waals surface area contributed by atoms with Gasteiger partial charge in [-0.3, -0.25) is 9.69 Å². The highest BCUT2D eigenvalue weighted by Gasteiger charge is 2.22. The molecule has 1 amide bonds. The van der Waals surface area contributed by atoms with Crippen LogP contribution in [0, 0.1) is 0 Å².